The number of rotatable bonds is 5. The number of hydrogen-bond acceptors (Lipinski definition) is 3. The number of hydrogen-bond donors (Lipinski definition) is 2. The molecule has 21 heavy (non-hydrogen) atoms. The van der Waals surface area contributed by atoms with Crippen LogP contribution in [0.2, 0.25) is 0 Å². The number of carbonyl (C=O) groups is 1. The Bertz CT molecular complexity index is 711. The Labute approximate surface area is 122 Å². The van der Waals surface area contributed by atoms with Crippen LogP contribution in [0.5, 0.6) is 0 Å². The van der Waals surface area contributed by atoms with Crippen LogP contribution < -0.4 is 5.69 Å². The average molecular weight is 289 g/mol. The number of fused-ring (bicyclic) bond motifs is 1. The molecule has 2 aromatic rings. The number of imidazole rings is 1. The van der Waals surface area contributed by atoms with Crippen LogP contribution in [0.25, 0.3) is 11.0 Å². The minimum Gasteiger partial charge on any atom is -0.478 e. The van der Waals surface area contributed by atoms with Gasteiger partial charge in [-0.3, -0.25) is 4.57 Å². The molecule has 0 aliphatic carbocycles. The fourth-order valence-electron chi connectivity index (χ4n) is 2.98. The van der Waals surface area contributed by atoms with Gasteiger partial charge in [0.2, 0.25) is 0 Å². The Hall–Kier alpha value is -2.08. The second-order valence-corrected chi connectivity index (χ2v) is 5.52. The molecule has 1 aromatic carbocycles. The van der Waals surface area contributed by atoms with Crippen LogP contribution in [0.4, 0.5) is 0 Å². The maximum absolute atomic E-state index is 12.0. The fraction of sp³-hybridized carbons (Fsp3) is 0.467. The first kappa shape index (κ1) is 13.9. The summed E-state index contributed by atoms with van der Waals surface area (Å²) in [5.41, 5.74) is 1.37. The lowest BCUT2D eigenvalue weighted by atomic mass is 10.2. The molecule has 2 heterocycles. The van der Waals surface area contributed by atoms with E-state index in [1.54, 1.807) is 10.6 Å². The Morgan fingerprint density at radius 2 is 2.00 bits per heavy atom. The Morgan fingerprint density at radius 1 is 1.24 bits per heavy atom. The molecule has 0 amide bonds. The van der Waals surface area contributed by atoms with E-state index in [0.717, 1.165) is 31.6 Å². The number of nitrogens with one attached hydrogen (secondary N) is 1. The van der Waals surface area contributed by atoms with Crippen molar-refractivity contribution < 1.29 is 9.90 Å². The van der Waals surface area contributed by atoms with Crippen LogP contribution in [0.15, 0.2) is 23.0 Å². The SMILES string of the molecule is O=C(O)c1ccc2c(c1)[nH]c(=O)n2CCCN1CCCC1. The summed E-state index contributed by atoms with van der Waals surface area (Å²) < 4.78 is 1.69. The van der Waals surface area contributed by atoms with E-state index >= 15 is 0 Å². The fourth-order valence-corrected chi connectivity index (χ4v) is 2.98. The minimum absolute atomic E-state index is 0.172. The van der Waals surface area contributed by atoms with Gasteiger partial charge in [0.1, 0.15) is 0 Å². The van der Waals surface area contributed by atoms with Crippen LogP contribution in [-0.2, 0) is 6.54 Å². The molecule has 2 N–H and O–H groups in total. The first-order chi connectivity index (χ1) is 10.1. The van der Waals surface area contributed by atoms with E-state index in [1.165, 1.54) is 25.0 Å². The summed E-state index contributed by atoms with van der Waals surface area (Å²) in [5.74, 6) is -0.987. The van der Waals surface area contributed by atoms with E-state index in [2.05, 4.69) is 9.88 Å². The summed E-state index contributed by atoms with van der Waals surface area (Å²) >= 11 is 0. The second-order valence-electron chi connectivity index (χ2n) is 5.52. The van der Waals surface area contributed by atoms with Crippen LogP contribution in [-0.4, -0.2) is 45.2 Å². The van der Waals surface area contributed by atoms with Crippen molar-refractivity contribution in [1.29, 1.82) is 0 Å². The molecular formula is C15H19N3O3. The van der Waals surface area contributed by atoms with E-state index in [-0.39, 0.29) is 11.3 Å². The molecule has 0 spiro atoms. The Kier molecular flexibility index (Phi) is 3.79. The number of aromatic amines is 1. The Balaban J connectivity index is 1.76. The third-order valence-electron chi connectivity index (χ3n) is 4.08. The summed E-state index contributed by atoms with van der Waals surface area (Å²) in [4.78, 5) is 28.1. The number of carboxylic acid groups (broad SMARTS) is 1. The molecule has 0 atom stereocenters. The number of aromatic nitrogens is 2. The van der Waals surface area contributed by atoms with Crippen LogP contribution in [0.1, 0.15) is 29.6 Å². The molecule has 1 saturated heterocycles. The molecular weight excluding hydrogens is 270 g/mol. The normalized spacial score (nSPS) is 15.8. The maximum Gasteiger partial charge on any atom is 0.335 e. The van der Waals surface area contributed by atoms with Gasteiger partial charge in [0.15, 0.2) is 0 Å². The molecule has 112 valence electrons. The molecule has 0 saturated carbocycles. The molecule has 1 fully saturated rings. The van der Waals surface area contributed by atoms with Crippen molar-refractivity contribution in [1.82, 2.24) is 14.5 Å². The molecule has 0 bridgehead atoms. The van der Waals surface area contributed by atoms with E-state index in [9.17, 15) is 9.59 Å². The summed E-state index contributed by atoms with van der Waals surface area (Å²) in [6, 6.07) is 4.75. The van der Waals surface area contributed by atoms with Gasteiger partial charge in [0.25, 0.3) is 0 Å². The van der Waals surface area contributed by atoms with Gasteiger partial charge in [-0.25, -0.2) is 9.59 Å². The van der Waals surface area contributed by atoms with E-state index < -0.39 is 5.97 Å². The highest BCUT2D eigenvalue weighted by Gasteiger charge is 2.13. The first-order valence-corrected chi connectivity index (χ1v) is 7.33. The highest BCUT2D eigenvalue weighted by atomic mass is 16.4. The van der Waals surface area contributed by atoms with Crippen molar-refractivity contribution >= 4 is 17.0 Å². The molecule has 1 aliphatic heterocycles. The van der Waals surface area contributed by atoms with Crippen molar-refractivity contribution in [3.05, 3.63) is 34.2 Å². The van der Waals surface area contributed by atoms with Gasteiger partial charge >= 0.3 is 11.7 Å². The topological polar surface area (TPSA) is 78.3 Å². The van der Waals surface area contributed by atoms with Crippen molar-refractivity contribution in [3.63, 3.8) is 0 Å². The molecule has 1 aliphatic rings. The summed E-state index contributed by atoms with van der Waals surface area (Å²) in [6.07, 6.45) is 3.46. The zero-order valence-electron chi connectivity index (χ0n) is 11.8. The average Bonchev–Trinajstić information content (AvgIpc) is 3.06. The lowest BCUT2D eigenvalue weighted by Gasteiger charge is -2.14. The van der Waals surface area contributed by atoms with Gasteiger partial charge in [-0.05, 0) is 57.1 Å². The van der Waals surface area contributed by atoms with Gasteiger partial charge in [-0.2, -0.15) is 0 Å². The zero-order chi connectivity index (χ0) is 14.8. The molecule has 6 heteroatoms. The summed E-state index contributed by atoms with van der Waals surface area (Å²) in [6.45, 7) is 3.98. The highest BCUT2D eigenvalue weighted by Crippen LogP contribution is 2.14. The van der Waals surface area contributed by atoms with Gasteiger partial charge in [0.05, 0.1) is 16.6 Å². The van der Waals surface area contributed by atoms with Crippen molar-refractivity contribution in [2.75, 3.05) is 19.6 Å². The molecule has 6 nitrogen and oxygen atoms in total. The maximum atomic E-state index is 12.0. The number of benzene rings is 1. The second kappa shape index (κ2) is 5.73. The van der Waals surface area contributed by atoms with Gasteiger partial charge in [-0.1, -0.05) is 0 Å². The highest BCUT2D eigenvalue weighted by molar-refractivity contribution is 5.92. The number of aromatic carboxylic acids is 1. The monoisotopic (exact) mass is 289 g/mol. The van der Waals surface area contributed by atoms with Gasteiger partial charge in [0, 0.05) is 6.54 Å². The lowest BCUT2D eigenvalue weighted by molar-refractivity contribution is 0.0697. The van der Waals surface area contributed by atoms with E-state index in [0.29, 0.717) is 12.1 Å². The van der Waals surface area contributed by atoms with E-state index in [1.807, 2.05) is 0 Å². The first-order valence-electron chi connectivity index (χ1n) is 7.33. The minimum atomic E-state index is -0.987. The quantitative estimate of drug-likeness (QED) is 0.874. The molecule has 3 rings (SSSR count). The number of aryl methyl sites for hydroxylation is 1. The number of nitrogens with zero attached hydrogens (tertiary/aromatic N) is 2. The zero-order valence-corrected chi connectivity index (χ0v) is 11.8. The third kappa shape index (κ3) is 2.85. The molecule has 0 radical (unpaired) electrons. The van der Waals surface area contributed by atoms with E-state index in [4.69, 9.17) is 5.11 Å². The van der Waals surface area contributed by atoms with Crippen molar-refractivity contribution in [2.24, 2.45) is 0 Å². The molecule has 0 unspecified atom stereocenters. The van der Waals surface area contributed by atoms with Crippen LogP contribution in [0, 0.1) is 0 Å². The number of carboxylic acids is 1. The van der Waals surface area contributed by atoms with Gasteiger partial charge < -0.3 is 15.0 Å². The molecule has 1 aromatic heterocycles. The third-order valence-corrected chi connectivity index (χ3v) is 4.08. The van der Waals surface area contributed by atoms with Crippen molar-refractivity contribution in [3.8, 4) is 0 Å². The van der Waals surface area contributed by atoms with Crippen LogP contribution >= 0.6 is 0 Å². The summed E-state index contributed by atoms with van der Waals surface area (Å²) in [5, 5.41) is 8.98. The number of H-pyrrole nitrogens is 1. The predicted octanol–water partition coefficient (Wildman–Crippen LogP) is 1.51. The lowest BCUT2D eigenvalue weighted by Crippen LogP contribution is -2.24. The Morgan fingerprint density at radius 3 is 2.71 bits per heavy atom. The smallest absolute Gasteiger partial charge is 0.335 e. The van der Waals surface area contributed by atoms with Crippen LogP contribution in [0.3, 0.4) is 0 Å². The summed E-state index contributed by atoms with van der Waals surface area (Å²) in [7, 11) is 0. The number of likely N-dealkylation sites (tertiary alicyclic amines) is 1. The van der Waals surface area contributed by atoms with Crippen molar-refractivity contribution in [2.45, 2.75) is 25.8 Å². The largest absolute Gasteiger partial charge is 0.478 e. The van der Waals surface area contributed by atoms with Gasteiger partial charge in [-0.15, -0.1) is 0 Å². The standard InChI is InChI=1S/C15H19N3O3/c19-14(20)11-4-5-13-12(10-11)16-15(21)18(13)9-3-8-17-6-1-2-7-17/h4-5,10H,1-3,6-9H2,(H,16,21)(H,19,20). The predicted molar refractivity (Wildman–Crippen MR) is 79.8 cm³/mol.